The van der Waals surface area contributed by atoms with Gasteiger partial charge in [0.1, 0.15) is 11.6 Å². The minimum Gasteiger partial charge on any atom is -0.369 e. The molecule has 1 saturated heterocycles. The van der Waals surface area contributed by atoms with E-state index in [0.717, 1.165) is 80.2 Å². The molecule has 0 spiro atoms. The summed E-state index contributed by atoms with van der Waals surface area (Å²) in [6.07, 6.45) is 4.56. The van der Waals surface area contributed by atoms with Crippen LogP contribution in [-0.4, -0.2) is 61.6 Å². The van der Waals surface area contributed by atoms with Crippen LogP contribution in [0.2, 0.25) is 0 Å². The number of allylic oxidation sites excluding steroid dienone is 3. The first kappa shape index (κ1) is 33.2. The van der Waals surface area contributed by atoms with E-state index in [4.69, 9.17) is 0 Å². The summed E-state index contributed by atoms with van der Waals surface area (Å²) in [6.45, 7) is 11.5. The molecule has 222 valence electrons. The van der Waals surface area contributed by atoms with Crippen molar-refractivity contribution in [2.24, 2.45) is 4.99 Å². The second-order valence-corrected chi connectivity index (χ2v) is 10.1. The Morgan fingerprint density at radius 1 is 1.18 bits per heavy atom. The molecule has 0 amide bonds. The summed E-state index contributed by atoms with van der Waals surface area (Å²) in [7, 11) is 4.00. The standard InChI is InChI=1S/C27H36F4N6.C3H8/c1-5-6-23(34-15-16-37(3)4)33-14-9-18(2)24-25(19-10-12-32-13-11-19)35-36-26(24)20-7-8-22(28)21(17-20)27(29,30)31;1-3-2/h6-9,14,17,19,32,34H,5,10-13,15-16H2,1-4H3,(H,35,36);3H2,1-2H3/b18-9+,23-6?,33-14-;. The van der Waals surface area contributed by atoms with Crippen LogP contribution in [-0.2, 0) is 6.18 Å². The van der Waals surface area contributed by atoms with E-state index in [1.54, 1.807) is 6.21 Å². The average Bonchev–Trinajstić information content (AvgIpc) is 3.34. The monoisotopic (exact) mass is 564 g/mol. The third kappa shape index (κ3) is 9.89. The third-order valence-corrected chi connectivity index (χ3v) is 6.28. The van der Waals surface area contributed by atoms with Crippen LogP contribution in [0, 0.1) is 5.82 Å². The maximum atomic E-state index is 14.0. The lowest BCUT2D eigenvalue weighted by Gasteiger charge is -2.23. The van der Waals surface area contributed by atoms with Gasteiger partial charge >= 0.3 is 6.18 Å². The van der Waals surface area contributed by atoms with Crippen LogP contribution in [0.3, 0.4) is 0 Å². The number of hydrogen-bond acceptors (Lipinski definition) is 5. The van der Waals surface area contributed by atoms with Gasteiger partial charge in [-0.25, -0.2) is 9.38 Å². The number of piperidine rings is 1. The lowest BCUT2D eigenvalue weighted by Crippen LogP contribution is -2.27. The molecule has 0 saturated carbocycles. The third-order valence-electron chi connectivity index (χ3n) is 6.28. The van der Waals surface area contributed by atoms with Crippen molar-refractivity contribution in [2.45, 2.75) is 65.5 Å². The first-order valence-corrected chi connectivity index (χ1v) is 14.0. The van der Waals surface area contributed by atoms with Crippen LogP contribution in [0.15, 0.2) is 41.2 Å². The normalized spacial score (nSPS) is 15.5. The van der Waals surface area contributed by atoms with Crippen molar-refractivity contribution >= 4 is 11.8 Å². The highest BCUT2D eigenvalue weighted by atomic mass is 19.4. The van der Waals surface area contributed by atoms with E-state index in [9.17, 15) is 17.6 Å². The number of halogens is 4. The molecule has 1 fully saturated rings. The summed E-state index contributed by atoms with van der Waals surface area (Å²) in [5.41, 5.74) is 1.70. The van der Waals surface area contributed by atoms with E-state index >= 15 is 0 Å². The lowest BCUT2D eigenvalue weighted by atomic mass is 9.88. The van der Waals surface area contributed by atoms with E-state index < -0.39 is 17.6 Å². The van der Waals surface area contributed by atoms with Crippen LogP contribution in [0.1, 0.15) is 76.1 Å². The molecular formula is C30H44F4N6. The number of alkyl halides is 3. The highest BCUT2D eigenvalue weighted by Gasteiger charge is 2.35. The first-order valence-electron chi connectivity index (χ1n) is 14.0. The molecule has 0 atom stereocenters. The lowest BCUT2D eigenvalue weighted by molar-refractivity contribution is -0.139. The first-order chi connectivity index (χ1) is 19.0. The molecule has 0 unspecified atom stereocenters. The van der Waals surface area contributed by atoms with Crippen molar-refractivity contribution in [3.63, 3.8) is 0 Å². The van der Waals surface area contributed by atoms with E-state index in [2.05, 4.69) is 44.6 Å². The Hall–Kier alpha value is -2.98. The van der Waals surface area contributed by atoms with Crippen LogP contribution < -0.4 is 10.6 Å². The van der Waals surface area contributed by atoms with Gasteiger partial charge in [0.05, 0.1) is 11.3 Å². The summed E-state index contributed by atoms with van der Waals surface area (Å²) < 4.78 is 54.2. The maximum absolute atomic E-state index is 14.0. The Kier molecular flexibility index (Phi) is 13.6. The zero-order valence-electron chi connectivity index (χ0n) is 24.6. The van der Waals surface area contributed by atoms with Crippen molar-refractivity contribution in [3.05, 3.63) is 58.8 Å². The number of H-pyrrole nitrogens is 1. The summed E-state index contributed by atoms with van der Waals surface area (Å²) in [4.78, 5) is 6.63. The van der Waals surface area contributed by atoms with Crippen molar-refractivity contribution in [1.29, 1.82) is 0 Å². The number of hydrogen-bond donors (Lipinski definition) is 3. The molecule has 0 radical (unpaired) electrons. The molecule has 3 N–H and O–H groups in total. The predicted octanol–water partition coefficient (Wildman–Crippen LogP) is 6.99. The quantitative estimate of drug-likeness (QED) is 0.215. The highest BCUT2D eigenvalue weighted by molar-refractivity contribution is 5.89. The molecule has 1 aliphatic rings. The fourth-order valence-electron chi connectivity index (χ4n) is 4.34. The van der Waals surface area contributed by atoms with Crippen molar-refractivity contribution < 1.29 is 17.6 Å². The number of rotatable bonds is 10. The smallest absolute Gasteiger partial charge is 0.369 e. The second-order valence-electron chi connectivity index (χ2n) is 10.1. The molecule has 2 aromatic rings. The number of aromatic amines is 1. The van der Waals surface area contributed by atoms with Gasteiger partial charge in [-0.2, -0.15) is 18.3 Å². The molecule has 2 heterocycles. The van der Waals surface area contributed by atoms with Gasteiger partial charge in [0.25, 0.3) is 0 Å². The van der Waals surface area contributed by atoms with Gasteiger partial charge in [-0.05, 0) is 89.3 Å². The molecule has 0 bridgehead atoms. The molecule has 1 aliphatic heterocycles. The van der Waals surface area contributed by atoms with Crippen LogP contribution in [0.5, 0.6) is 0 Å². The van der Waals surface area contributed by atoms with Crippen LogP contribution in [0.25, 0.3) is 16.8 Å². The molecule has 1 aromatic heterocycles. The molecule has 1 aromatic carbocycles. The van der Waals surface area contributed by atoms with Gasteiger partial charge in [-0.1, -0.05) is 27.2 Å². The molecule has 3 rings (SSSR count). The molecule has 6 nitrogen and oxygen atoms in total. The number of likely N-dealkylation sites (N-methyl/N-ethyl adjacent to an activating group) is 1. The van der Waals surface area contributed by atoms with E-state index in [0.29, 0.717) is 5.69 Å². The Labute approximate surface area is 236 Å². The van der Waals surface area contributed by atoms with Crippen LogP contribution >= 0.6 is 0 Å². The predicted molar refractivity (Wildman–Crippen MR) is 157 cm³/mol. The fraction of sp³-hybridized carbons (Fsp3) is 0.533. The topological polar surface area (TPSA) is 68.3 Å². The van der Waals surface area contributed by atoms with Crippen molar-refractivity contribution in [2.75, 3.05) is 40.3 Å². The Bertz CT molecular complexity index is 1140. The summed E-state index contributed by atoms with van der Waals surface area (Å²) in [6, 6.07) is 3.02. The highest BCUT2D eigenvalue weighted by Crippen LogP contribution is 2.39. The molecule has 10 heteroatoms. The Morgan fingerprint density at radius 3 is 2.45 bits per heavy atom. The minimum atomic E-state index is -4.80. The van der Waals surface area contributed by atoms with Gasteiger partial charge in [-0.15, -0.1) is 0 Å². The zero-order chi connectivity index (χ0) is 29.7. The maximum Gasteiger partial charge on any atom is 0.419 e. The molecule has 0 aliphatic carbocycles. The largest absolute Gasteiger partial charge is 0.419 e. The van der Waals surface area contributed by atoms with E-state index in [1.165, 1.54) is 12.5 Å². The zero-order valence-corrected chi connectivity index (χ0v) is 24.6. The van der Waals surface area contributed by atoms with Crippen molar-refractivity contribution in [1.82, 2.24) is 25.7 Å². The number of nitrogens with zero attached hydrogens (tertiary/aromatic N) is 3. The Morgan fingerprint density at radius 2 is 1.85 bits per heavy atom. The SMILES string of the molecule is CCC.CCC=C(/N=C\C=C(/C)c1c(-c2ccc(F)c(C(F)(F)F)c2)n[nH]c1C1CCNCC1)NCCN(C)C. The summed E-state index contributed by atoms with van der Waals surface area (Å²) in [5.74, 6) is -0.361. The van der Waals surface area contributed by atoms with Gasteiger partial charge in [-0.3, -0.25) is 5.10 Å². The fourth-order valence-corrected chi connectivity index (χ4v) is 4.34. The molecule has 40 heavy (non-hydrogen) atoms. The Balaban J connectivity index is 0.00000178. The number of aliphatic imine (C=N–C) groups is 1. The van der Waals surface area contributed by atoms with Crippen LogP contribution in [0.4, 0.5) is 17.6 Å². The van der Waals surface area contributed by atoms with Gasteiger partial charge in [0.2, 0.25) is 0 Å². The number of nitrogens with one attached hydrogen (secondary N) is 3. The van der Waals surface area contributed by atoms with Crippen molar-refractivity contribution in [3.8, 4) is 11.3 Å². The van der Waals surface area contributed by atoms with E-state index in [1.807, 2.05) is 40.1 Å². The van der Waals surface area contributed by atoms with E-state index in [-0.39, 0.29) is 11.5 Å². The second kappa shape index (κ2) is 16.3. The van der Waals surface area contributed by atoms with Gasteiger partial charge < -0.3 is 15.5 Å². The number of benzene rings is 1. The summed E-state index contributed by atoms with van der Waals surface area (Å²) >= 11 is 0. The molecular weight excluding hydrogens is 520 g/mol. The van der Waals surface area contributed by atoms with Gasteiger partial charge in [0, 0.05) is 42.0 Å². The van der Waals surface area contributed by atoms with Gasteiger partial charge in [0.15, 0.2) is 0 Å². The summed E-state index contributed by atoms with van der Waals surface area (Å²) in [5, 5.41) is 14.1. The minimum absolute atomic E-state index is 0.184. The number of aromatic nitrogens is 2. The average molecular weight is 565 g/mol.